The molecule has 0 fully saturated rings. The van der Waals surface area contributed by atoms with Crippen molar-refractivity contribution in [2.75, 3.05) is 0 Å². The molecule has 0 bridgehead atoms. The van der Waals surface area contributed by atoms with Crippen molar-refractivity contribution in [3.8, 4) is 0 Å². The van der Waals surface area contributed by atoms with Crippen LogP contribution in [0.2, 0.25) is 15.1 Å². The number of hydrogen-bond acceptors (Lipinski definition) is 2. The number of halogens is 3. The molecule has 0 amide bonds. The SMILES string of the molecule is O=C([O-])c1c(Cl)ccc(Cl)c1Cl.[Li+]. The Kier molecular flexibility index (Phi) is 5.20. The van der Waals surface area contributed by atoms with Crippen LogP contribution in [0.5, 0.6) is 0 Å². The van der Waals surface area contributed by atoms with Crippen molar-refractivity contribution in [3.05, 3.63) is 32.8 Å². The third-order valence-corrected chi connectivity index (χ3v) is 2.37. The van der Waals surface area contributed by atoms with Crippen LogP contribution in [0.3, 0.4) is 0 Å². The van der Waals surface area contributed by atoms with E-state index in [0.29, 0.717) is 0 Å². The second-order valence-corrected chi connectivity index (χ2v) is 3.20. The van der Waals surface area contributed by atoms with Gasteiger partial charge in [-0.1, -0.05) is 34.8 Å². The standard InChI is InChI=1S/C7H3Cl3O2.Li/c8-3-1-2-4(9)6(10)5(3)7(11)12;/h1-2H,(H,11,12);/q;+1/p-1. The summed E-state index contributed by atoms with van der Waals surface area (Å²) in [5.41, 5.74) is -0.272. The Morgan fingerprint density at radius 1 is 1.15 bits per heavy atom. The second kappa shape index (κ2) is 5.14. The molecule has 0 atom stereocenters. The van der Waals surface area contributed by atoms with Gasteiger partial charge in [0.1, 0.15) is 0 Å². The summed E-state index contributed by atoms with van der Waals surface area (Å²) in [5.74, 6) is -1.44. The van der Waals surface area contributed by atoms with Crippen LogP contribution < -0.4 is 24.0 Å². The molecule has 0 aliphatic carbocycles. The number of carbonyl (C=O) groups is 1. The third kappa shape index (κ3) is 2.80. The van der Waals surface area contributed by atoms with Crippen LogP contribution in [0, 0.1) is 0 Å². The normalized spacial score (nSPS) is 9.15. The fraction of sp³-hybridized carbons (Fsp3) is 0. The van der Waals surface area contributed by atoms with Gasteiger partial charge in [0, 0.05) is 5.56 Å². The molecule has 1 aromatic carbocycles. The maximum absolute atomic E-state index is 10.5. The van der Waals surface area contributed by atoms with Crippen LogP contribution in [-0.2, 0) is 0 Å². The predicted octanol–water partition coefficient (Wildman–Crippen LogP) is -0.986. The zero-order valence-corrected chi connectivity index (χ0v) is 8.87. The molecule has 0 saturated carbocycles. The Morgan fingerprint density at radius 2 is 1.62 bits per heavy atom. The summed E-state index contributed by atoms with van der Waals surface area (Å²) in [6.07, 6.45) is 0. The van der Waals surface area contributed by atoms with Gasteiger partial charge in [-0.25, -0.2) is 0 Å². The van der Waals surface area contributed by atoms with Crippen LogP contribution in [0.25, 0.3) is 0 Å². The van der Waals surface area contributed by atoms with Gasteiger partial charge in [0.2, 0.25) is 0 Å². The first-order valence-electron chi connectivity index (χ1n) is 2.89. The molecule has 0 unspecified atom stereocenters. The van der Waals surface area contributed by atoms with E-state index < -0.39 is 5.97 Å². The van der Waals surface area contributed by atoms with E-state index in [1.807, 2.05) is 0 Å². The minimum Gasteiger partial charge on any atom is -0.545 e. The van der Waals surface area contributed by atoms with Gasteiger partial charge >= 0.3 is 18.9 Å². The van der Waals surface area contributed by atoms with Crippen molar-refractivity contribution in [2.24, 2.45) is 0 Å². The molecule has 0 spiro atoms. The first-order valence-corrected chi connectivity index (χ1v) is 4.02. The van der Waals surface area contributed by atoms with Crippen LogP contribution in [0.15, 0.2) is 12.1 Å². The molecule has 0 aromatic heterocycles. The van der Waals surface area contributed by atoms with Gasteiger partial charge < -0.3 is 9.90 Å². The smallest absolute Gasteiger partial charge is 0.545 e. The third-order valence-electron chi connectivity index (χ3n) is 1.25. The fourth-order valence-corrected chi connectivity index (χ4v) is 1.40. The molecule has 13 heavy (non-hydrogen) atoms. The number of hydrogen-bond donors (Lipinski definition) is 0. The molecule has 0 N–H and O–H groups in total. The van der Waals surface area contributed by atoms with E-state index in [1.54, 1.807) is 0 Å². The van der Waals surface area contributed by atoms with Crippen molar-refractivity contribution >= 4 is 40.8 Å². The molecule has 0 aliphatic rings. The molecule has 1 aromatic rings. The van der Waals surface area contributed by atoms with E-state index in [1.165, 1.54) is 12.1 Å². The van der Waals surface area contributed by atoms with E-state index in [0.717, 1.165) is 0 Å². The zero-order chi connectivity index (χ0) is 9.30. The van der Waals surface area contributed by atoms with Crippen molar-refractivity contribution in [3.63, 3.8) is 0 Å². The molecule has 1 rings (SSSR count). The Labute approximate surface area is 102 Å². The van der Waals surface area contributed by atoms with Gasteiger partial charge in [-0.2, -0.15) is 0 Å². The topological polar surface area (TPSA) is 40.1 Å². The second-order valence-electron chi connectivity index (χ2n) is 2.01. The van der Waals surface area contributed by atoms with Gasteiger partial charge in [0.05, 0.1) is 21.0 Å². The maximum atomic E-state index is 10.5. The number of benzene rings is 1. The number of carboxylic acid groups (broad SMARTS) is 1. The van der Waals surface area contributed by atoms with E-state index in [2.05, 4.69) is 0 Å². The Hall–Kier alpha value is 0.157. The minimum absolute atomic E-state index is 0. The van der Waals surface area contributed by atoms with Gasteiger partial charge in [-0.3, -0.25) is 0 Å². The molecular formula is C7H2Cl3LiO2. The average Bonchev–Trinajstić information content (AvgIpc) is 1.97. The molecule has 64 valence electrons. The van der Waals surface area contributed by atoms with Crippen molar-refractivity contribution < 1.29 is 28.8 Å². The molecule has 2 nitrogen and oxygen atoms in total. The summed E-state index contributed by atoms with van der Waals surface area (Å²) in [6, 6.07) is 2.76. The number of aromatic carboxylic acids is 1. The predicted molar refractivity (Wildman–Crippen MR) is 45.8 cm³/mol. The zero-order valence-electron chi connectivity index (χ0n) is 6.61. The van der Waals surface area contributed by atoms with Crippen molar-refractivity contribution in [1.82, 2.24) is 0 Å². The van der Waals surface area contributed by atoms with Crippen LogP contribution in [0.4, 0.5) is 0 Å². The quantitative estimate of drug-likeness (QED) is 0.460. The van der Waals surface area contributed by atoms with Crippen LogP contribution >= 0.6 is 34.8 Å². The van der Waals surface area contributed by atoms with E-state index in [9.17, 15) is 9.90 Å². The summed E-state index contributed by atoms with van der Waals surface area (Å²) in [6.45, 7) is 0. The molecule has 0 radical (unpaired) electrons. The number of rotatable bonds is 1. The van der Waals surface area contributed by atoms with Crippen molar-refractivity contribution in [2.45, 2.75) is 0 Å². The average molecular weight is 231 g/mol. The van der Waals surface area contributed by atoms with E-state index >= 15 is 0 Å². The maximum Gasteiger partial charge on any atom is 1.00 e. The molecule has 6 heteroatoms. The summed E-state index contributed by atoms with van der Waals surface area (Å²) >= 11 is 16.6. The summed E-state index contributed by atoms with van der Waals surface area (Å²) < 4.78 is 0. The minimum atomic E-state index is -1.44. The largest absolute Gasteiger partial charge is 1.00 e. The molecule has 0 heterocycles. The molecule has 0 saturated heterocycles. The number of carboxylic acids is 1. The van der Waals surface area contributed by atoms with E-state index in [-0.39, 0.29) is 39.5 Å². The van der Waals surface area contributed by atoms with Gasteiger partial charge in [0.15, 0.2) is 0 Å². The fourth-order valence-electron chi connectivity index (χ4n) is 0.714. The van der Waals surface area contributed by atoms with Gasteiger partial charge in [-0.05, 0) is 12.1 Å². The summed E-state index contributed by atoms with van der Waals surface area (Å²) in [7, 11) is 0. The molecular weight excluding hydrogens is 229 g/mol. The van der Waals surface area contributed by atoms with Gasteiger partial charge in [-0.15, -0.1) is 0 Å². The van der Waals surface area contributed by atoms with Crippen molar-refractivity contribution in [1.29, 1.82) is 0 Å². The summed E-state index contributed by atoms with van der Waals surface area (Å²) in [4.78, 5) is 10.5. The molecule has 0 aliphatic heterocycles. The number of carbonyl (C=O) groups excluding carboxylic acids is 1. The first kappa shape index (κ1) is 13.2. The summed E-state index contributed by atoms with van der Waals surface area (Å²) in [5, 5.41) is 10.5. The van der Waals surface area contributed by atoms with Crippen LogP contribution in [0.1, 0.15) is 10.4 Å². The Bertz CT molecular complexity index is 341. The Balaban J connectivity index is 0.00000144. The Morgan fingerprint density at radius 3 is 2.00 bits per heavy atom. The van der Waals surface area contributed by atoms with Crippen LogP contribution in [-0.4, -0.2) is 5.97 Å². The monoisotopic (exact) mass is 230 g/mol. The first-order chi connectivity index (χ1) is 5.54. The van der Waals surface area contributed by atoms with E-state index in [4.69, 9.17) is 34.8 Å². The van der Waals surface area contributed by atoms with Gasteiger partial charge in [0.25, 0.3) is 0 Å².